The molecule has 0 fully saturated rings. The predicted octanol–water partition coefficient (Wildman–Crippen LogP) is 4.11. The van der Waals surface area contributed by atoms with Crippen molar-refractivity contribution >= 4 is 40.2 Å². The fourth-order valence-corrected chi connectivity index (χ4v) is 2.46. The van der Waals surface area contributed by atoms with E-state index in [4.69, 9.17) is 28.9 Å². The van der Waals surface area contributed by atoms with E-state index in [0.717, 1.165) is 5.56 Å². The van der Waals surface area contributed by atoms with Crippen LogP contribution in [0.2, 0.25) is 10.0 Å². The number of benzene rings is 2. The molecule has 0 unspecified atom stereocenters. The second-order valence-electron chi connectivity index (χ2n) is 4.40. The summed E-state index contributed by atoms with van der Waals surface area (Å²) in [5.41, 5.74) is 7.94. The molecule has 0 radical (unpaired) electrons. The molecule has 0 bridgehead atoms. The van der Waals surface area contributed by atoms with Crippen LogP contribution in [0, 0.1) is 5.82 Å². The molecule has 20 heavy (non-hydrogen) atoms. The molecule has 0 atom stereocenters. The molecule has 3 rings (SSSR count). The molecule has 0 spiro atoms. The summed E-state index contributed by atoms with van der Waals surface area (Å²) in [6.45, 7) is 0.448. The molecule has 2 N–H and O–H groups in total. The zero-order valence-corrected chi connectivity index (χ0v) is 11.8. The zero-order valence-electron chi connectivity index (χ0n) is 10.3. The molecule has 3 nitrogen and oxygen atoms in total. The summed E-state index contributed by atoms with van der Waals surface area (Å²) in [7, 11) is 0. The Morgan fingerprint density at radius 3 is 2.65 bits per heavy atom. The van der Waals surface area contributed by atoms with Gasteiger partial charge in [0.15, 0.2) is 0 Å². The molecular formula is C14H10Cl2FN3. The Morgan fingerprint density at radius 1 is 1.15 bits per heavy atom. The van der Waals surface area contributed by atoms with E-state index in [-0.39, 0.29) is 5.02 Å². The predicted molar refractivity (Wildman–Crippen MR) is 79.7 cm³/mol. The van der Waals surface area contributed by atoms with Crippen LogP contribution < -0.4 is 5.73 Å². The number of fused-ring (bicyclic) bond motifs is 1. The topological polar surface area (TPSA) is 43.8 Å². The Balaban J connectivity index is 2.14. The third-order valence-corrected chi connectivity index (χ3v) is 3.76. The van der Waals surface area contributed by atoms with E-state index in [2.05, 4.69) is 4.98 Å². The van der Waals surface area contributed by atoms with Gasteiger partial charge in [-0.3, -0.25) is 0 Å². The summed E-state index contributed by atoms with van der Waals surface area (Å²) in [6, 6.07) is 10.2. The molecule has 1 aromatic heterocycles. The van der Waals surface area contributed by atoms with E-state index in [9.17, 15) is 4.39 Å². The Labute approximate surface area is 124 Å². The monoisotopic (exact) mass is 309 g/mol. The van der Waals surface area contributed by atoms with Gasteiger partial charge in [0.05, 0.1) is 22.6 Å². The van der Waals surface area contributed by atoms with Crippen molar-refractivity contribution < 1.29 is 4.39 Å². The fraction of sp³-hybridized carbons (Fsp3) is 0.0714. The number of hydrogen-bond donors (Lipinski definition) is 1. The van der Waals surface area contributed by atoms with Crippen molar-refractivity contribution in [2.45, 2.75) is 6.54 Å². The van der Waals surface area contributed by atoms with Crippen LogP contribution in [0.5, 0.6) is 0 Å². The second-order valence-corrected chi connectivity index (χ2v) is 5.22. The van der Waals surface area contributed by atoms with Crippen LogP contribution in [-0.4, -0.2) is 9.55 Å². The Hall–Kier alpha value is -1.78. The normalized spacial score (nSPS) is 11.2. The lowest BCUT2D eigenvalue weighted by atomic mass is 10.2. The average Bonchev–Trinajstić information content (AvgIpc) is 2.69. The van der Waals surface area contributed by atoms with Gasteiger partial charge in [0, 0.05) is 11.1 Å². The number of nitrogens with zero attached hydrogens (tertiary/aromatic N) is 2. The molecule has 1 heterocycles. The van der Waals surface area contributed by atoms with Crippen LogP contribution in [-0.2, 0) is 6.54 Å². The maximum absolute atomic E-state index is 13.4. The van der Waals surface area contributed by atoms with Crippen molar-refractivity contribution in [1.29, 1.82) is 0 Å². The quantitative estimate of drug-likeness (QED) is 0.774. The fourth-order valence-electron chi connectivity index (χ4n) is 2.10. The molecule has 0 amide bonds. The Morgan fingerprint density at radius 2 is 1.90 bits per heavy atom. The van der Waals surface area contributed by atoms with Crippen LogP contribution >= 0.6 is 23.2 Å². The smallest absolute Gasteiger partial charge is 0.201 e. The number of nitrogen functional groups attached to an aromatic ring is 1. The van der Waals surface area contributed by atoms with Gasteiger partial charge in [0.25, 0.3) is 0 Å². The molecular weight excluding hydrogens is 300 g/mol. The lowest BCUT2D eigenvalue weighted by molar-refractivity contribution is 0.629. The molecule has 2 aromatic carbocycles. The molecule has 102 valence electrons. The van der Waals surface area contributed by atoms with Crippen molar-refractivity contribution in [1.82, 2.24) is 9.55 Å². The first-order valence-electron chi connectivity index (χ1n) is 5.90. The highest BCUT2D eigenvalue weighted by Gasteiger charge is 2.13. The lowest BCUT2D eigenvalue weighted by Crippen LogP contribution is -2.05. The number of imidazole rings is 1. The Kier molecular flexibility index (Phi) is 3.28. The van der Waals surface area contributed by atoms with Crippen LogP contribution in [0.25, 0.3) is 11.0 Å². The standard InChI is InChI=1S/C14H10Cl2FN3/c15-9-4-2-1-3-8(9)7-20-13-5-10(16)11(17)6-12(13)19-14(20)18/h1-6H,7H2,(H2,18,19). The number of aromatic nitrogens is 2. The van der Waals surface area contributed by atoms with E-state index in [0.29, 0.717) is 28.5 Å². The summed E-state index contributed by atoms with van der Waals surface area (Å²) < 4.78 is 15.2. The molecule has 0 saturated heterocycles. The van der Waals surface area contributed by atoms with E-state index >= 15 is 0 Å². The molecule has 0 aliphatic heterocycles. The number of rotatable bonds is 2. The number of hydrogen-bond acceptors (Lipinski definition) is 2. The highest BCUT2D eigenvalue weighted by atomic mass is 35.5. The van der Waals surface area contributed by atoms with Crippen LogP contribution in [0.3, 0.4) is 0 Å². The number of halogens is 3. The van der Waals surface area contributed by atoms with E-state index < -0.39 is 5.82 Å². The van der Waals surface area contributed by atoms with Gasteiger partial charge in [0.2, 0.25) is 5.95 Å². The van der Waals surface area contributed by atoms with Crippen LogP contribution in [0.4, 0.5) is 10.3 Å². The molecule has 0 saturated carbocycles. The van der Waals surface area contributed by atoms with E-state index in [1.807, 2.05) is 18.2 Å². The van der Waals surface area contributed by atoms with E-state index in [1.165, 1.54) is 12.1 Å². The third kappa shape index (κ3) is 2.21. The van der Waals surface area contributed by atoms with Crippen molar-refractivity contribution in [3.63, 3.8) is 0 Å². The molecule has 6 heteroatoms. The number of nitrogens with two attached hydrogens (primary N) is 1. The van der Waals surface area contributed by atoms with Crippen molar-refractivity contribution in [2.24, 2.45) is 0 Å². The molecule has 0 aliphatic carbocycles. The summed E-state index contributed by atoms with van der Waals surface area (Å²) >= 11 is 12.0. The second kappa shape index (κ2) is 4.96. The van der Waals surface area contributed by atoms with Gasteiger partial charge in [-0.05, 0) is 17.7 Å². The minimum Gasteiger partial charge on any atom is -0.369 e. The summed E-state index contributed by atoms with van der Waals surface area (Å²) in [4.78, 5) is 4.14. The third-order valence-electron chi connectivity index (χ3n) is 3.11. The average molecular weight is 310 g/mol. The Bertz CT molecular complexity index is 798. The lowest BCUT2D eigenvalue weighted by Gasteiger charge is -2.08. The number of anilines is 1. The van der Waals surface area contributed by atoms with Gasteiger partial charge in [0.1, 0.15) is 5.82 Å². The van der Waals surface area contributed by atoms with E-state index in [1.54, 1.807) is 10.6 Å². The van der Waals surface area contributed by atoms with Crippen LogP contribution in [0.1, 0.15) is 5.56 Å². The summed E-state index contributed by atoms with van der Waals surface area (Å²) in [6.07, 6.45) is 0. The van der Waals surface area contributed by atoms with Gasteiger partial charge in [-0.2, -0.15) is 0 Å². The van der Waals surface area contributed by atoms with Gasteiger partial charge in [-0.1, -0.05) is 41.4 Å². The maximum Gasteiger partial charge on any atom is 0.201 e. The van der Waals surface area contributed by atoms with Gasteiger partial charge >= 0.3 is 0 Å². The van der Waals surface area contributed by atoms with Crippen molar-refractivity contribution in [2.75, 3.05) is 5.73 Å². The highest BCUT2D eigenvalue weighted by Crippen LogP contribution is 2.26. The minimum absolute atomic E-state index is 0.0396. The SMILES string of the molecule is Nc1nc2cc(F)c(Cl)cc2n1Cc1ccccc1Cl. The summed E-state index contributed by atoms with van der Waals surface area (Å²) in [5, 5.41) is 0.680. The largest absolute Gasteiger partial charge is 0.369 e. The van der Waals surface area contributed by atoms with Crippen molar-refractivity contribution in [3.05, 3.63) is 57.8 Å². The first-order valence-corrected chi connectivity index (χ1v) is 6.66. The minimum atomic E-state index is -0.512. The van der Waals surface area contributed by atoms with Gasteiger partial charge in [-0.25, -0.2) is 9.37 Å². The molecule has 3 aromatic rings. The zero-order chi connectivity index (χ0) is 14.3. The van der Waals surface area contributed by atoms with Gasteiger partial charge in [-0.15, -0.1) is 0 Å². The summed E-state index contributed by atoms with van der Waals surface area (Å²) in [5.74, 6) is -0.219. The van der Waals surface area contributed by atoms with Gasteiger partial charge < -0.3 is 10.3 Å². The highest BCUT2D eigenvalue weighted by molar-refractivity contribution is 6.31. The first-order chi connectivity index (χ1) is 9.56. The van der Waals surface area contributed by atoms with Crippen molar-refractivity contribution in [3.8, 4) is 0 Å². The maximum atomic E-state index is 13.4. The molecule has 0 aliphatic rings. The first kappa shape index (κ1) is 13.2. The van der Waals surface area contributed by atoms with Crippen LogP contribution in [0.15, 0.2) is 36.4 Å².